The van der Waals surface area contributed by atoms with Crippen LogP contribution in [0.25, 0.3) is 22.4 Å². The third-order valence-electron chi connectivity index (χ3n) is 3.59. The van der Waals surface area contributed by atoms with Gasteiger partial charge in [0.2, 0.25) is 0 Å². The average Bonchev–Trinajstić information content (AvgIpc) is 2.68. The fraction of sp³-hybridized carbons (Fsp3) is 0.188. The molecule has 1 aromatic heterocycles. The summed E-state index contributed by atoms with van der Waals surface area (Å²) in [6.45, 7) is 1.69. The third kappa shape index (κ3) is 1.83. The lowest BCUT2D eigenvalue weighted by molar-refractivity contribution is 0.315. The molecule has 0 N–H and O–H groups in total. The molecule has 0 saturated carbocycles. The van der Waals surface area contributed by atoms with E-state index in [0.29, 0.717) is 0 Å². The summed E-state index contributed by atoms with van der Waals surface area (Å²) >= 11 is 3.53. The van der Waals surface area contributed by atoms with Crippen LogP contribution >= 0.6 is 15.9 Å². The highest BCUT2D eigenvalue weighted by Crippen LogP contribution is 2.35. The maximum Gasteiger partial charge on any atom is 0.146 e. The molecule has 0 fully saturated rings. The van der Waals surface area contributed by atoms with E-state index < -0.39 is 0 Å². The molecule has 4 heteroatoms. The number of rotatable bonds is 1. The van der Waals surface area contributed by atoms with Gasteiger partial charge in [0.25, 0.3) is 0 Å². The highest BCUT2D eigenvalue weighted by Gasteiger charge is 2.19. The van der Waals surface area contributed by atoms with Gasteiger partial charge in [-0.2, -0.15) is 0 Å². The Bertz CT molecular complexity index is 780. The number of aromatic nitrogens is 2. The van der Waals surface area contributed by atoms with Crippen molar-refractivity contribution in [3.8, 4) is 17.1 Å². The first kappa shape index (κ1) is 12.0. The van der Waals surface area contributed by atoms with Gasteiger partial charge in [0, 0.05) is 16.6 Å². The maximum atomic E-state index is 5.86. The number of nitrogens with zero attached hydrogens (tertiary/aromatic N) is 2. The molecule has 1 aliphatic rings. The molecular weight excluding hydrogens is 316 g/mol. The van der Waals surface area contributed by atoms with Crippen LogP contribution in [0.3, 0.4) is 0 Å². The fourth-order valence-electron chi connectivity index (χ4n) is 2.74. The zero-order valence-electron chi connectivity index (χ0n) is 10.8. The monoisotopic (exact) mass is 328 g/mol. The predicted molar refractivity (Wildman–Crippen MR) is 83.0 cm³/mol. The van der Waals surface area contributed by atoms with E-state index in [9.17, 15) is 0 Å². The molecule has 0 radical (unpaired) electrons. The number of imidazole rings is 1. The van der Waals surface area contributed by atoms with Crippen LogP contribution in [0.1, 0.15) is 6.42 Å². The Morgan fingerprint density at radius 3 is 2.85 bits per heavy atom. The van der Waals surface area contributed by atoms with E-state index in [0.717, 1.165) is 52.2 Å². The highest BCUT2D eigenvalue weighted by molar-refractivity contribution is 9.10. The van der Waals surface area contributed by atoms with Crippen molar-refractivity contribution in [1.29, 1.82) is 0 Å². The topological polar surface area (TPSA) is 27.1 Å². The molecule has 1 aliphatic heterocycles. The molecule has 3 aromatic rings. The van der Waals surface area contributed by atoms with Gasteiger partial charge in [0.1, 0.15) is 17.1 Å². The molecule has 0 aliphatic carbocycles. The second-order valence-corrected chi connectivity index (χ2v) is 5.84. The Morgan fingerprint density at radius 1 is 1.15 bits per heavy atom. The van der Waals surface area contributed by atoms with E-state index in [2.05, 4.69) is 38.7 Å². The summed E-state index contributed by atoms with van der Waals surface area (Å²) in [5, 5.41) is 0. The molecule has 0 spiro atoms. The zero-order valence-corrected chi connectivity index (χ0v) is 12.4. The van der Waals surface area contributed by atoms with Crippen molar-refractivity contribution in [3.63, 3.8) is 0 Å². The smallest absolute Gasteiger partial charge is 0.146 e. The number of benzene rings is 2. The van der Waals surface area contributed by atoms with Gasteiger partial charge in [-0.1, -0.05) is 46.3 Å². The lowest BCUT2D eigenvalue weighted by Crippen LogP contribution is -2.01. The molecule has 20 heavy (non-hydrogen) atoms. The van der Waals surface area contributed by atoms with Gasteiger partial charge in [-0.3, -0.25) is 0 Å². The molecular formula is C16H13BrN2O. The summed E-state index contributed by atoms with van der Waals surface area (Å²) in [4.78, 5) is 4.81. The lowest BCUT2D eigenvalue weighted by Gasteiger charge is -2.06. The minimum atomic E-state index is 0.751. The van der Waals surface area contributed by atoms with Gasteiger partial charge in [-0.05, 0) is 18.6 Å². The molecule has 0 bridgehead atoms. The van der Waals surface area contributed by atoms with Gasteiger partial charge in [-0.15, -0.1) is 0 Å². The second kappa shape index (κ2) is 4.63. The molecule has 0 saturated heterocycles. The Hall–Kier alpha value is -1.81. The third-order valence-corrected chi connectivity index (χ3v) is 4.04. The summed E-state index contributed by atoms with van der Waals surface area (Å²) in [6, 6.07) is 14.4. The minimum absolute atomic E-state index is 0.751. The number of ether oxygens (including phenoxy) is 1. The van der Waals surface area contributed by atoms with Crippen molar-refractivity contribution in [2.45, 2.75) is 13.0 Å². The molecule has 4 rings (SSSR count). The van der Waals surface area contributed by atoms with Gasteiger partial charge in [0.05, 0.1) is 12.1 Å². The van der Waals surface area contributed by atoms with Crippen molar-refractivity contribution in [2.24, 2.45) is 0 Å². The van der Waals surface area contributed by atoms with E-state index in [4.69, 9.17) is 9.72 Å². The largest absolute Gasteiger partial charge is 0.491 e. The highest BCUT2D eigenvalue weighted by atomic mass is 79.9. The Morgan fingerprint density at radius 2 is 2.00 bits per heavy atom. The molecule has 0 amide bonds. The van der Waals surface area contributed by atoms with E-state index in [1.54, 1.807) is 0 Å². The van der Waals surface area contributed by atoms with Gasteiger partial charge < -0.3 is 9.30 Å². The normalized spacial score (nSPS) is 14.1. The number of aryl methyl sites for hydroxylation is 1. The fourth-order valence-corrected chi connectivity index (χ4v) is 3.16. The summed E-state index contributed by atoms with van der Waals surface area (Å²) in [6.07, 6.45) is 0.998. The number of halogens is 1. The van der Waals surface area contributed by atoms with E-state index in [1.165, 1.54) is 0 Å². The first-order valence-corrected chi connectivity index (χ1v) is 7.50. The first-order valence-electron chi connectivity index (χ1n) is 6.71. The van der Waals surface area contributed by atoms with Crippen LogP contribution in [-0.2, 0) is 6.54 Å². The molecule has 0 atom stereocenters. The summed E-state index contributed by atoms with van der Waals surface area (Å²) in [5.74, 6) is 1.94. The average molecular weight is 329 g/mol. The number of hydrogen-bond donors (Lipinski definition) is 0. The van der Waals surface area contributed by atoms with E-state index in [1.807, 2.05) is 24.3 Å². The quantitative estimate of drug-likeness (QED) is 0.667. The van der Waals surface area contributed by atoms with E-state index in [-0.39, 0.29) is 0 Å². The Kier molecular flexibility index (Phi) is 2.77. The van der Waals surface area contributed by atoms with Crippen LogP contribution in [0.5, 0.6) is 5.75 Å². The second-order valence-electron chi connectivity index (χ2n) is 4.93. The van der Waals surface area contributed by atoms with Gasteiger partial charge >= 0.3 is 0 Å². The van der Waals surface area contributed by atoms with Crippen LogP contribution in [-0.4, -0.2) is 16.2 Å². The lowest BCUT2D eigenvalue weighted by atomic mass is 10.2. The van der Waals surface area contributed by atoms with Crippen LogP contribution in [0, 0.1) is 0 Å². The zero-order chi connectivity index (χ0) is 13.5. The predicted octanol–water partition coefficient (Wildman–Crippen LogP) is 4.25. The molecule has 2 heterocycles. The van der Waals surface area contributed by atoms with Crippen LogP contribution in [0.2, 0.25) is 0 Å². The molecule has 0 unspecified atom stereocenters. The molecule has 100 valence electrons. The minimum Gasteiger partial charge on any atom is -0.491 e. The van der Waals surface area contributed by atoms with Crippen LogP contribution in [0.15, 0.2) is 46.9 Å². The summed E-state index contributed by atoms with van der Waals surface area (Å²) in [5.41, 5.74) is 3.23. The Labute approximate surface area is 125 Å². The summed E-state index contributed by atoms with van der Waals surface area (Å²) < 4.78 is 9.14. The molecule has 2 aromatic carbocycles. The van der Waals surface area contributed by atoms with Crippen LogP contribution < -0.4 is 4.74 Å². The van der Waals surface area contributed by atoms with Crippen molar-refractivity contribution >= 4 is 27.0 Å². The van der Waals surface area contributed by atoms with Crippen molar-refractivity contribution in [1.82, 2.24) is 9.55 Å². The number of hydrogen-bond acceptors (Lipinski definition) is 2. The SMILES string of the molecule is Brc1cc2c3c(c1)nc(-c1ccccc1)n3CCCO2. The van der Waals surface area contributed by atoms with Gasteiger partial charge in [-0.25, -0.2) is 4.98 Å². The summed E-state index contributed by atoms with van der Waals surface area (Å²) in [7, 11) is 0. The van der Waals surface area contributed by atoms with Crippen molar-refractivity contribution < 1.29 is 4.74 Å². The molecule has 3 nitrogen and oxygen atoms in total. The first-order chi connectivity index (χ1) is 9.83. The van der Waals surface area contributed by atoms with Crippen molar-refractivity contribution in [2.75, 3.05) is 6.61 Å². The van der Waals surface area contributed by atoms with Crippen LogP contribution in [0.4, 0.5) is 0 Å². The standard InChI is InChI=1S/C16H13BrN2O/c17-12-9-13-15-14(10-12)20-8-4-7-19(15)16(18-13)11-5-2-1-3-6-11/h1-3,5-6,9-10H,4,7-8H2. The maximum absolute atomic E-state index is 5.86. The van der Waals surface area contributed by atoms with Gasteiger partial charge in [0.15, 0.2) is 0 Å². The Balaban J connectivity index is 2.05. The van der Waals surface area contributed by atoms with Crippen molar-refractivity contribution in [3.05, 3.63) is 46.9 Å². The van der Waals surface area contributed by atoms with E-state index >= 15 is 0 Å².